The number of anilines is 1. The van der Waals surface area contributed by atoms with Crippen LogP contribution < -0.4 is 10.5 Å². The summed E-state index contributed by atoms with van der Waals surface area (Å²) >= 11 is 5.95. The second-order valence-electron chi connectivity index (χ2n) is 3.83. The van der Waals surface area contributed by atoms with Gasteiger partial charge in [-0.1, -0.05) is 11.6 Å². The van der Waals surface area contributed by atoms with Gasteiger partial charge >= 0.3 is 0 Å². The first-order chi connectivity index (χ1) is 7.15. The summed E-state index contributed by atoms with van der Waals surface area (Å²) in [4.78, 5) is 6.11. The molecule has 2 rings (SSSR count). The summed E-state index contributed by atoms with van der Waals surface area (Å²) in [6.07, 6.45) is 2.74. The molecular weight excluding hydrogens is 214 g/mol. The smallest absolute Gasteiger partial charge is 0.143 e. The summed E-state index contributed by atoms with van der Waals surface area (Å²) in [6.45, 7) is 1.99. The van der Waals surface area contributed by atoms with Crippen molar-refractivity contribution in [1.82, 2.24) is 9.88 Å². The first-order valence-corrected chi connectivity index (χ1v) is 5.29. The van der Waals surface area contributed by atoms with Crippen molar-refractivity contribution in [2.75, 3.05) is 25.9 Å². The van der Waals surface area contributed by atoms with Gasteiger partial charge in [-0.3, -0.25) is 0 Å². The second kappa shape index (κ2) is 4.24. The Kier molecular flexibility index (Phi) is 2.98. The maximum absolute atomic E-state index is 5.95. The lowest BCUT2D eigenvalue weighted by molar-refractivity contribution is 0.208. The standard InChI is InChI=1S/C10H14ClN3O/c1-14-3-2-7(6-14)15-9-4-10(12)13-5-8(9)11/h4-5,7H,2-3,6H2,1H3,(H2,12,13)/t7-/m1/s1. The van der Waals surface area contributed by atoms with Gasteiger partial charge in [0.1, 0.15) is 22.7 Å². The highest BCUT2D eigenvalue weighted by Gasteiger charge is 2.21. The van der Waals surface area contributed by atoms with Crippen LogP contribution in [0.3, 0.4) is 0 Å². The Bertz CT molecular complexity index is 359. The Labute approximate surface area is 94.0 Å². The molecule has 2 heterocycles. The molecule has 82 valence electrons. The average molecular weight is 228 g/mol. The van der Waals surface area contributed by atoms with E-state index in [2.05, 4.69) is 16.9 Å². The molecule has 0 radical (unpaired) electrons. The number of aromatic nitrogens is 1. The average Bonchev–Trinajstić information content (AvgIpc) is 2.58. The molecule has 0 saturated carbocycles. The van der Waals surface area contributed by atoms with Crippen LogP contribution in [0.1, 0.15) is 6.42 Å². The Morgan fingerprint density at radius 3 is 3.13 bits per heavy atom. The highest BCUT2D eigenvalue weighted by atomic mass is 35.5. The van der Waals surface area contributed by atoms with E-state index in [1.165, 1.54) is 6.20 Å². The number of ether oxygens (including phenoxy) is 1. The minimum absolute atomic E-state index is 0.203. The molecule has 0 aromatic carbocycles. The molecule has 1 atom stereocenters. The predicted octanol–water partition coefficient (Wildman–Crippen LogP) is 1.40. The van der Waals surface area contributed by atoms with Crippen LogP contribution in [0, 0.1) is 0 Å². The van der Waals surface area contributed by atoms with Gasteiger partial charge in [0.05, 0.1) is 6.20 Å². The third-order valence-corrected chi connectivity index (χ3v) is 2.77. The monoisotopic (exact) mass is 227 g/mol. The fourth-order valence-electron chi connectivity index (χ4n) is 1.70. The Balaban J connectivity index is 2.07. The lowest BCUT2D eigenvalue weighted by atomic mass is 10.3. The minimum atomic E-state index is 0.203. The highest BCUT2D eigenvalue weighted by Crippen LogP contribution is 2.27. The molecule has 1 fully saturated rings. The van der Waals surface area contributed by atoms with Crippen LogP contribution in [0.15, 0.2) is 12.3 Å². The van der Waals surface area contributed by atoms with Crippen molar-refractivity contribution in [2.24, 2.45) is 0 Å². The normalized spacial score (nSPS) is 21.9. The van der Waals surface area contributed by atoms with Gasteiger partial charge in [0.2, 0.25) is 0 Å². The summed E-state index contributed by atoms with van der Waals surface area (Å²) in [7, 11) is 2.08. The molecule has 15 heavy (non-hydrogen) atoms. The summed E-state index contributed by atoms with van der Waals surface area (Å²) in [5, 5.41) is 0.513. The maximum Gasteiger partial charge on any atom is 0.143 e. The van der Waals surface area contributed by atoms with Crippen LogP contribution in [0.25, 0.3) is 0 Å². The van der Waals surface area contributed by atoms with Gasteiger partial charge in [-0.25, -0.2) is 4.98 Å². The van der Waals surface area contributed by atoms with Gasteiger partial charge in [-0.2, -0.15) is 0 Å². The Morgan fingerprint density at radius 2 is 2.47 bits per heavy atom. The largest absolute Gasteiger partial charge is 0.487 e. The van der Waals surface area contributed by atoms with Gasteiger partial charge in [-0.15, -0.1) is 0 Å². The zero-order valence-corrected chi connectivity index (χ0v) is 9.37. The van der Waals surface area contributed by atoms with E-state index >= 15 is 0 Å². The topological polar surface area (TPSA) is 51.4 Å². The minimum Gasteiger partial charge on any atom is -0.487 e. The van der Waals surface area contributed by atoms with E-state index in [0.29, 0.717) is 16.6 Å². The molecule has 0 aliphatic carbocycles. The summed E-state index contributed by atoms with van der Waals surface area (Å²) in [6, 6.07) is 1.67. The highest BCUT2D eigenvalue weighted by molar-refractivity contribution is 6.31. The number of likely N-dealkylation sites (N-methyl/N-ethyl adjacent to an activating group) is 1. The van der Waals surface area contributed by atoms with Crippen LogP contribution in [0.2, 0.25) is 5.02 Å². The van der Waals surface area contributed by atoms with E-state index in [4.69, 9.17) is 22.1 Å². The first-order valence-electron chi connectivity index (χ1n) is 4.91. The van der Waals surface area contributed by atoms with Crippen molar-refractivity contribution in [1.29, 1.82) is 0 Å². The third-order valence-electron chi connectivity index (χ3n) is 2.48. The number of nitrogen functional groups attached to an aromatic ring is 1. The van der Waals surface area contributed by atoms with Gasteiger partial charge in [-0.05, 0) is 13.5 Å². The summed E-state index contributed by atoms with van der Waals surface area (Å²) < 4.78 is 5.76. The molecule has 1 saturated heterocycles. The molecule has 0 spiro atoms. The van der Waals surface area contributed by atoms with Crippen molar-refractivity contribution in [3.05, 3.63) is 17.3 Å². The molecular formula is C10H14ClN3O. The second-order valence-corrected chi connectivity index (χ2v) is 4.24. The van der Waals surface area contributed by atoms with E-state index in [0.717, 1.165) is 19.5 Å². The summed E-state index contributed by atoms with van der Waals surface area (Å²) in [5.74, 6) is 1.06. The number of hydrogen-bond donors (Lipinski definition) is 1. The van der Waals surface area contributed by atoms with Crippen molar-refractivity contribution < 1.29 is 4.74 Å². The quantitative estimate of drug-likeness (QED) is 0.830. The zero-order chi connectivity index (χ0) is 10.8. The van der Waals surface area contributed by atoms with Crippen molar-refractivity contribution >= 4 is 17.4 Å². The zero-order valence-electron chi connectivity index (χ0n) is 8.61. The molecule has 0 unspecified atom stereocenters. The van der Waals surface area contributed by atoms with E-state index < -0.39 is 0 Å². The molecule has 1 aliphatic heterocycles. The van der Waals surface area contributed by atoms with E-state index in [-0.39, 0.29) is 6.10 Å². The molecule has 1 aromatic rings. The lowest BCUT2D eigenvalue weighted by Gasteiger charge is -2.14. The number of halogens is 1. The fourth-order valence-corrected chi connectivity index (χ4v) is 1.84. The number of nitrogens with two attached hydrogens (primary N) is 1. The van der Waals surface area contributed by atoms with Crippen molar-refractivity contribution in [3.63, 3.8) is 0 Å². The van der Waals surface area contributed by atoms with E-state index in [1.807, 2.05) is 0 Å². The molecule has 1 aromatic heterocycles. The third kappa shape index (κ3) is 2.52. The van der Waals surface area contributed by atoms with Crippen LogP contribution >= 0.6 is 11.6 Å². The number of rotatable bonds is 2. The molecule has 1 aliphatic rings. The van der Waals surface area contributed by atoms with Crippen molar-refractivity contribution in [3.8, 4) is 5.75 Å². The fraction of sp³-hybridized carbons (Fsp3) is 0.500. The number of nitrogens with zero attached hydrogens (tertiary/aromatic N) is 2. The van der Waals surface area contributed by atoms with Gasteiger partial charge < -0.3 is 15.4 Å². The van der Waals surface area contributed by atoms with E-state index in [1.54, 1.807) is 6.07 Å². The van der Waals surface area contributed by atoms with Gasteiger partial charge in [0.15, 0.2) is 0 Å². The van der Waals surface area contributed by atoms with E-state index in [9.17, 15) is 0 Å². The van der Waals surface area contributed by atoms with Crippen LogP contribution in [-0.2, 0) is 0 Å². The lowest BCUT2D eigenvalue weighted by Crippen LogP contribution is -2.21. The molecule has 0 amide bonds. The summed E-state index contributed by atoms with van der Waals surface area (Å²) in [5.41, 5.74) is 5.57. The molecule has 0 bridgehead atoms. The maximum atomic E-state index is 5.95. The number of likely N-dealkylation sites (tertiary alicyclic amines) is 1. The molecule has 4 nitrogen and oxygen atoms in total. The van der Waals surface area contributed by atoms with Gasteiger partial charge in [0.25, 0.3) is 0 Å². The first kappa shape index (κ1) is 10.5. The Morgan fingerprint density at radius 1 is 1.67 bits per heavy atom. The number of pyridine rings is 1. The van der Waals surface area contributed by atoms with Crippen LogP contribution in [-0.4, -0.2) is 36.1 Å². The molecule has 2 N–H and O–H groups in total. The Hall–Kier alpha value is -1.00. The number of hydrogen-bond acceptors (Lipinski definition) is 4. The van der Waals surface area contributed by atoms with Crippen LogP contribution in [0.5, 0.6) is 5.75 Å². The molecule has 5 heteroatoms. The predicted molar refractivity (Wildman–Crippen MR) is 60.2 cm³/mol. The van der Waals surface area contributed by atoms with Gasteiger partial charge in [0, 0.05) is 19.2 Å². The SMILES string of the molecule is CN1CC[C@@H](Oc2cc(N)ncc2Cl)C1. The van der Waals surface area contributed by atoms with Crippen LogP contribution in [0.4, 0.5) is 5.82 Å². The van der Waals surface area contributed by atoms with Crippen molar-refractivity contribution in [2.45, 2.75) is 12.5 Å².